The Balaban J connectivity index is 1.66. The van der Waals surface area contributed by atoms with Crippen LogP contribution < -0.4 is 4.90 Å². The molecule has 4 heteroatoms. The number of hydrogen-bond donors (Lipinski definition) is 0. The van der Waals surface area contributed by atoms with E-state index in [9.17, 15) is 4.79 Å². The second-order valence-corrected chi connectivity index (χ2v) is 5.86. The topological polar surface area (TPSA) is 46.6 Å². The summed E-state index contributed by atoms with van der Waals surface area (Å²) in [5.41, 5.74) is 3.01. The van der Waals surface area contributed by atoms with Gasteiger partial charge in [-0.2, -0.15) is 0 Å². The Labute approximate surface area is 151 Å². The molecule has 0 atom stereocenters. The van der Waals surface area contributed by atoms with E-state index in [1.54, 1.807) is 23.3 Å². The molecule has 0 aliphatic heterocycles. The summed E-state index contributed by atoms with van der Waals surface area (Å²) in [6.07, 6.45) is 3.10. The summed E-state index contributed by atoms with van der Waals surface area (Å²) in [6.45, 7) is 0.331. The van der Waals surface area contributed by atoms with Gasteiger partial charge in [0, 0.05) is 5.69 Å². The highest BCUT2D eigenvalue weighted by Gasteiger charge is 2.21. The minimum absolute atomic E-state index is 0.209. The summed E-state index contributed by atoms with van der Waals surface area (Å²) in [5, 5.41) is 0. The lowest BCUT2D eigenvalue weighted by molar-refractivity contribution is 0.0956. The van der Waals surface area contributed by atoms with Crippen LogP contribution in [0.1, 0.15) is 16.3 Å². The first-order valence-electron chi connectivity index (χ1n) is 8.34. The van der Waals surface area contributed by atoms with Crippen LogP contribution in [0.3, 0.4) is 0 Å². The van der Waals surface area contributed by atoms with Gasteiger partial charge in [-0.15, -0.1) is 0 Å². The van der Waals surface area contributed by atoms with Gasteiger partial charge in [0.25, 0.3) is 5.91 Å². The van der Waals surface area contributed by atoms with Gasteiger partial charge < -0.3 is 8.83 Å². The van der Waals surface area contributed by atoms with Crippen molar-refractivity contribution in [1.29, 1.82) is 0 Å². The average molecular weight is 343 g/mol. The number of hydrogen-bond acceptors (Lipinski definition) is 3. The second-order valence-electron chi connectivity index (χ2n) is 5.86. The van der Waals surface area contributed by atoms with E-state index in [0.717, 1.165) is 16.8 Å². The van der Waals surface area contributed by atoms with Crippen molar-refractivity contribution in [2.24, 2.45) is 0 Å². The van der Waals surface area contributed by atoms with Crippen LogP contribution in [0.25, 0.3) is 11.1 Å². The number of furan rings is 2. The smallest absolute Gasteiger partial charge is 0.294 e. The van der Waals surface area contributed by atoms with E-state index in [4.69, 9.17) is 8.83 Å². The van der Waals surface area contributed by atoms with Crippen molar-refractivity contribution in [2.45, 2.75) is 6.54 Å². The van der Waals surface area contributed by atoms with E-state index in [0.29, 0.717) is 18.1 Å². The lowest BCUT2D eigenvalue weighted by Gasteiger charge is -2.21. The minimum Gasteiger partial charge on any atom is -0.467 e. The first-order chi connectivity index (χ1) is 12.8. The molecule has 1 amide bonds. The van der Waals surface area contributed by atoms with Crippen LogP contribution in [0.4, 0.5) is 5.69 Å². The Bertz CT molecular complexity index is 956. The molecule has 0 N–H and O–H groups in total. The highest BCUT2D eigenvalue weighted by Crippen LogP contribution is 2.25. The van der Waals surface area contributed by atoms with E-state index < -0.39 is 0 Å². The monoisotopic (exact) mass is 343 g/mol. The van der Waals surface area contributed by atoms with E-state index in [1.165, 1.54) is 6.26 Å². The Kier molecular flexibility index (Phi) is 4.39. The minimum atomic E-state index is -0.209. The first kappa shape index (κ1) is 16.0. The number of nitrogens with zero attached hydrogens (tertiary/aromatic N) is 1. The summed E-state index contributed by atoms with van der Waals surface area (Å²) in [6, 6.07) is 25.0. The number of benzene rings is 2. The van der Waals surface area contributed by atoms with E-state index in [-0.39, 0.29) is 5.91 Å². The van der Waals surface area contributed by atoms with Crippen LogP contribution in [-0.4, -0.2) is 5.91 Å². The van der Waals surface area contributed by atoms with Gasteiger partial charge in [0.05, 0.1) is 19.1 Å². The van der Waals surface area contributed by atoms with Crippen LogP contribution in [-0.2, 0) is 6.54 Å². The zero-order valence-corrected chi connectivity index (χ0v) is 14.0. The maximum Gasteiger partial charge on any atom is 0.294 e. The summed E-state index contributed by atoms with van der Waals surface area (Å²) in [4.78, 5) is 14.5. The molecular weight excluding hydrogens is 326 g/mol. The first-order valence-corrected chi connectivity index (χ1v) is 8.34. The van der Waals surface area contributed by atoms with Crippen LogP contribution in [0.15, 0.2) is 100 Å². The van der Waals surface area contributed by atoms with Crippen molar-refractivity contribution in [2.75, 3.05) is 4.90 Å². The molecule has 0 saturated carbocycles. The Morgan fingerprint density at radius 2 is 1.42 bits per heavy atom. The summed E-state index contributed by atoms with van der Waals surface area (Å²) < 4.78 is 10.7. The molecule has 4 aromatic rings. The van der Waals surface area contributed by atoms with Crippen molar-refractivity contribution in [3.63, 3.8) is 0 Å². The maximum atomic E-state index is 12.9. The standard InChI is InChI=1S/C22H17NO3/c24-22(21-9-5-15-26-21)23(16-20-8-4-14-25-20)19-12-10-18(11-13-19)17-6-2-1-3-7-17/h1-15H,16H2. The lowest BCUT2D eigenvalue weighted by Crippen LogP contribution is -2.29. The van der Waals surface area contributed by atoms with Gasteiger partial charge in [-0.3, -0.25) is 9.69 Å². The zero-order valence-electron chi connectivity index (χ0n) is 14.0. The number of rotatable bonds is 5. The van der Waals surface area contributed by atoms with Gasteiger partial charge in [-0.05, 0) is 47.5 Å². The number of carbonyl (C=O) groups excluding carboxylic acids is 1. The molecule has 0 radical (unpaired) electrons. The Morgan fingerprint density at radius 3 is 2.08 bits per heavy atom. The molecule has 0 fully saturated rings. The predicted molar refractivity (Wildman–Crippen MR) is 99.8 cm³/mol. The molecule has 0 unspecified atom stereocenters. The summed E-state index contributed by atoms with van der Waals surface area (Å²) in [7, 11) is 0. The number of carbonyl (C=O) groups is 1. The highest BCUT2D eigenvalue weighted by atomic mass is 16.3. The van der Waals surface area contributed by atoms with Crippen molar-refractivity contribution in [3.8, 4) is 11.1 Å². The molecular formula is C22H17NO3. The fraction of sp³-hybridized carbons (Fsp3) is 0.0455. The van der Waals surface area contributed by atoms with E-state index in [1.807, 2.05) is 54.6 Å². The van der Waals surface area contributed by atoms with Crippen molar-refractivity contribution in [1.82, 2.24) is 0 Å². The van der Waals surface area contributed by atoms with Gasteiger partial charge >= 0.3 is 0 Å². The maximum absolute atomic E-state index is 12.9. The van der Waals surface area contributed by atoms with Crippen molar-refractivity contribution < 1.29 is 13.6 Å². The predicted octanol–water partition coefficient (Wildman–Crippen LogP) is 5.39. The fourth-order valence-electron chi connectivity index (χ4n) is 2.84. The fourth-order valence-corrected chi connectivity index (χ4v) is 2.84. The quantitative estimate of drug-likeness (QED) is 0.488. The van der Waals surface area contributed by atoms with Crippen molar-refractivity contribution >= 4 is 11.6 Å². The van der Waals surface area contributed by atoms with E-state index in [2.05, 4.69) is 12.1 Å². The molecule has 2 aromatic heterocycles. The third kappa shape index (κ3) is 3.30. The third-order valence-corrected chi connectivity index (χ3v) is 4.16. The highest BCUT2D eigenvalue weighted by molar-refractivity contribution is 6.04. The lowest BCUT2D eigenvalue weighted by atomic mass is 10.1. The molecule has 2 aromatic carbocycles. The average Bonchev–Trinajstić information content (AvgIpc) is 3.40. The molecule has 0 aliphatic rings. The van der Waals surface area contributed by atoms with Gasteiger partial charge in [0.1, 0.15) is 5.76 Å². The van der Waals surface area contributed by atoms with Gasteiger partial charge in [0.15, 0.2) is 5.76 Å². The molecule has 128 valence electrons. The van der Waals surface area contributed by atoms with Crippen LogP contribution in [0.5, 0.6) is 0 Å². The second kappa shape index (κ2) is 7.15. The van der Waals surface area contributed by atoms with Crippen molar-refractivity contribution in [3.05, 3.63) is 103 Å². The van der Waals surface area contributed by atoms with Gasteiger partial charge in [-0.25, -0.2) is 0 Å². The molecule has 0 spiro atoms. The molecule has 4 rings (SSSR count). The third-order valence-electron chi connectivity index (χ3n) is 4.16. The zero-order chi connectivity index (χ0) is 17.8. The molecule has 4 nitrogen and oxygen atoms in total. The molecule has 0 aliphatic carbocycles. The Hall–Kier alpha value is -3.53. The Morgan fingerprint density at radius 1 is 0.731 bits per heavy atom. The molecule has 26 heavy (non-hydrogen) atoms. The normalized spacial score (nSPS) is 10.6. The SMILES string of the molecule is O=C(c1ccco1)N(Cc1ccco1)c1ccc(-c2ccccc2)cc1. The van der Waals surface area contributed by atoms with E-state index >= 15 is 0 Å². The number of amides is 1. The van der Waals surface area contributed by atoms with Gasteiger partial charge in [-0.1, -0.05) is 42.5 Å². The molecule has 0 bridgehead atoms. The molecule has 0 saturated heterocycles. The number of anilines is 1. The van der Waals surface area contributed by atoms with Crippen LogP contribution in [0, 0.1) is 0 Å². The summed E-state index contributed by atoms with van der Waals surface area (Å²) in [5.74, 6) is 0.791. The van der Waals surface area contributed by atoms with Crippen LogP contribution >= 0.6 is 0 Å². The van der Waals surface area contributed by atoms with Gasteiger partial charge in [0.2, 0.25) is 0 Å². The molecule has 2 heterocycles. The largest absolute Gasteiger partial charge is 0.467 e. The van der Waals surface area contributed by atoms with Crippen LogP contribution in [0.2, 0.25) is 0 Å². The summed E-state index contributed by atoms with van der Waals surface area (Å²) >= 11 is 0.